The van der Waals surface area contributed by atoms with E-state index in [2.05, 4.69) is 17.3 Å². The minimum Gasteiger partial charge on any atom is -0.497 e. The number of carbonyl (C=O) groups is 1. The van der Waals surface area contributed by atoms with Crippen molar-refractivity contribution in [2.24, 2.45) is 17.8 Å². The third-order valence-corrected chi connectivity index (χ3v) is 6.49. The first-order valence-electron chi connectivity index (χ1n) is 8.35. The number of ketones is 1. The first-order chi connectivity index (χ1) is 12.7. The largest absolute Gasteiger partial charge is 0.497 e. The predicted molar refractivity (Wildman–Crippen MR) is 100 cm³/mol. The second-order valence-corrected chi connectivity index (χ2v) is 8.25. The van der Waals surface area contributed by atoms with E-state index in [9.17, 15) is 10.1 Å². The van der Waals surface area contributed by atoms with Crippen molar-refractivity contribution < 1.29 is 47.0 Å². The Morgan fingerprint density at radius 1 is 1.44 bits per heavy atom. The van der Waals surface area contributed by atoms with Crippen molar-refractivity contribution in [2.75, 3.05) is 19.5 Å². The number of benzene rings is 1. The van der Waals surface area contributed by atoms with Gasteiger partial charge in [0.1, 0.15) is 17.3 Å². The number of carbonyl (C=O) groups excluding carboxylic acids is 1. The van der Waals surface area contributed by atoms with Crippen LogP contribution in [-0.4, -0.2) is 30.2 Å². The van der Waals surface area contributed by atoms with Gasteiger partial charge in [0.2, 0.25) is 0 Å². The van der Waals surface area contributed by atoms with Gasteiger partial charge in [-0.2, -0.15) is 17.0 Å². The van der Waals surface area contributed by atoms with Crippen molar-refractivity contribution in [2.45, 2.75) is 17.2 Å². The van der Waals surface area contributed by atoms with Gasteiger partial charge in [0, 0.05) is 45.2 Å². The van der Waals surface area contributed by atoms with Crippen molar-refractivity contribution in [1.29, 1.82) is 5.26 Å². The first-order valence-corrected chi connectivity index (χ1v) is 10.2. The molecule has 0 spiro atoms. The predicted octanol–water partition coefficient (Wildman–Crippen LogP) is 3.86. The Balaban J connectivity index is 0.00000261. The van der Waals surface area contributed by atoms with Crippen LogP contribution in [0.3, 0.4) is 0 Å². The molecule has 0 bridgehead atoms. The number of methoxy groups -OCH3 is 1. The molecule has 27 heavy (non-hydrogen) atoms. The van der Waals surface area contributed by atoms with Crippen molar-refractivity contribution in [3.05, 3.63) is 35.8 Å². The Labute approximate surface area is 192 Å². The number of aromatic nitrogens is 1. The van der Waals surface area contributed by atoms with E-state index in [-0.39, 0.29) is 56.2 Å². The molecule has 3 atom stereocenters. The van der Waals surface area contributed by atoms with Crippen molar-refractivity contribution in [1.82, 2.24) is 4.98 Å². The van der Waals surface area contributed by atoms with Gasteiger partial charge in [-0.15, -0.1) is 6.20 Å². The minimum absolute atomic E-state index is 0. The fourth-order valence-electron chi connectivity index (χ4n) is 3.21. The number of thioether (sulfide) groups is 1. The van der Waals surface area contributed by atoms with Crippen LogP contribution in [0.4, 0.5) is 0 Å². The number of hydrogen-bond donors (Lipinski definition) is 0. The SMILES string of the molecule is COc1cccc(OC[C@H]2C(=O)CC(C#N)[C@@H]2CCSc2n[c-]cs2)c1.[Y]. The molecule has 2 aromatic rings. The fraction of sp³-hybridized carbons (Fsp3) is 0.421. The summed E-state index contributed by atoms with van der Waals surface area (Å²) in [5.74, 6) is 1.88. The average molecular weight is 476 g/mol. The Hall–Kier alpha value is -0.936. The molecule has 1 aliphatic rings. The molecule has 1 aliphatic carbocycles. The molecular formula is C19H19N2O3S2Y-. The van der Waals surface area contributed by atoms with Gasteiger partial charge in [-0.3, -0.25) is 4.79 Å². The van der Waals surface area contributed by atoms with Crippen LogP contribution in [0.15, 0.2) is 34.0 Å². The van der Waals surface area contributed by atoms with E-state index in [0.29, 0.717) is 24.5 Å². The van der Waals surface area contributed by atoms with E-state index < -0.39 is 0 Å². The molecule has 0 aliphatic heterocycles. The van der Waals surface area contributed by atoms with Crippen molar-refractivity contribution in [3.8, 4) is 17.6 Å². The van der Waals surface area contributed by atoms with Gasteiger partial charge in [0.05, 0.1) is 31.6 Å². The van der Waals surface area contributed by atoms with Crippen molar-refractivity contribution >= 4 is 28.9 Å². The van der Waals surface area contributed by atoms with Gasteiger partial charge < -0.3 is 14.5 Å². The maximum atomic E-state index is 12.4. The molecule has 1 aromatic carbocycles. The van der Waals surface area contributed by atoms with E-state index >= 15 is 0 Å². The molecule has 1 heterocycles. The van der Waals surface area contributed by atoms with Crippen LogP contribution in [-0.2, 0) is 37.5 Å². The van der Waals surface area contributed by atoms with Gasteiger partial charge in [-0.05, 0) is 34.6 Å². The molecule has 1 unspecified atom stereocenters. The fourth-order valence-corrected chi connectivity index (χ4v) is 4.87. The standard InChI is InChI=1S/C19H19N2O3S2.Y/c1-23-14-3-2-4-15(10-14)24-12-17-16(13(11-20)9-18(17)22)5-7-25-19-21-6-8-26-19;/h2-4,8,10,13,16-17H,5,7,9,12H2,1H3;/q-1;/t13?,16-,17+;/m0./s1. The normalized spacial score (nSPS) is 21.3. The number of nitrogens with zero attached hydrogens (tertiary/aromatic N) is 2. The number of Topliss-reactive ketones (excluding diaryl/α,β-unsaturated/α-hetero) is 1. The van der Waals surface area contributed by atoms with Gasteiger partial charge in [-0.25, -0.2) is 11.3 Å². The van der Waals surface area contributed by atoms with E-state index in [1.165, 1.54) is 0 Å². The van der Waals surface area contributed by atoms with E-state index in [1.807, 2.05) is 23.6 Å². The minimum atomic E-state index is -0.241. The number of ether oxygens (including phenoxy) is 2. The van der Waals surface area contributed by atoms with Crippen LogP contribution in [0.2, 0.25) is 0 Å². The Kier molecular flexibility index (Phi) is 9.24. The van der Waals surface area contributed by atoms with E-state index in [4.69, 9.17) is 9.47 Å². The summed E-state index contributed by atoms with van der Waals surface area (Å²) >= 11 is 3.20. The van der Waals surface area contributed by atoms with Crippen LogP contribution in [0, 0.1) is 35.3 Å². The van der Waals surface area contributed by atoms with Gasteiger partial charge in [-0.1, -0.05) is 11.4 Å². The monoisotopic (exact) mass is 476 g/mol. The summed E-state index contributed by atoms with van der Waals surface area (Å²) in [5.41, 5.74) is 0. The smallest absolute Gasteiger partial charge is 0.141 e. The van der Waals surface area contributed by atoms with Crippen LogP contribution >= 0.6 is 23.1 Å². The van der Waals surface area contributed by atoms with Crippen LogP contribution < -0.4 is 9.47 Å². The van der Waals surface area contributed by atoms with Crippen LogP contribution in [0.25, 0.3) is 0 Å². The maximum Gasteiger partial charge on any atom is 0.141 e. The Morgan fingerprint density at radius 2 is 2.26 bits per heavy atom. The molecular weight excluding hydrogens is 457 g/mol. The van der Waals surface area contributed by atoms with Gasteiger partial charge in [0.25, 0.3) is 0 Å². The topological polar surface area (TPSA) is 72.2 Å². The third kappa shape index (κ3) is 6.02. The molecule has 1 radical (unpaired) electrons. The van der Waals surface area contributed by atoms with Crippen LogP contribution in [0.1, 0.15) is 12.8 Å². The van der Waals surface area contributed by atoms with Gasteiger partial charge >= 0.3 is 0 Å². The number of nitriles is 1. The number of thiazole rings is 1. The first kappa shape index (κ1) is 22.4. The quantitative estimate of drug-likeness (QED) is 0.426. The average Bonchev–Trinajstić information content (AvgIpc) is 3.28. The second kappa shape index (κ2) is 11.2. The zero-order valence-electron chi connectivity index (χ0n) is 15.0. The summed E-state index contributed by atoms with van der Waals surface area (Å²) in [5, 5.41) is 11.3. The molecule has 5 nitrogen and oxygen atoms in total. The summed E-state index contributed by atoms with van der Waals surface area (Å²) in [6.07, 6.45) is 3.92. The van der Waals surface area contributed by atoms with Gasteiger partial charge in [0.15, 0.2) is 0 Å². The molecule has 8 heteroatoms. The zero-order chi connectivity index (χ0) is 18.4. The summed E-state index contributed by atoms with van der Waals surface area (Å²) in [7, 11) is 1.60. The van der Waals surface area contributed by atoms with E-state index in [0.717, 1.165) is 16.5 Å². The summed E-state index contributed by atoms with van der Waals surface area (Å²) < 4.78 is 12.0. The molecule has 1 fully saturated rings. The summed E-state index contributed by atoms with van der Waals surface area (Å²) in [6, 6.07) is 9.64. The molecule has 3 rings (SSSR count). The third-order valence-electron chi connectivity index (χ3n) is 4.55. The molecule has 1 saturated carbocycles. The zero-order valence-corrected chi connectivity index (χ0v) is 19.4. The number of rotatable bonds is 8. The maximum absolute atomic E-state index is 12.4. The molecule has 1 aromatic heterocycles. The van der Waals surface area contributed by atoms with Crippen molar-refractivity contribution in [3.63, 3.8) is 0 Å². The molecule has 0 saturated heterocycles. The molecule has 0 amide bonds. The Morgan fingerprint density at radius 3 is 2.96 bits per heavy atom. The Bertz CT molecular complexity index is 780. The van der Waals surface area contributed by atoms with E-state index in [1.54, 1.807) is 36.3 Å². The molecule has 139 valence electrons. The summed E-state index contributed by atoms with van der Waals surface area (Å²) in [4.78, 5) is 16.5. The summed E-state index contributed by atoms with van der Waals surface area (Å²) in [6.45, 7) is 0.296. The van der Waals surface area contributed by atoms with Crippen LogP contribution in [0.5, 0.6) is 11.5 Å². The number of hydrogen-bond acceptors (Lipinski definition) is 7. The second-order valence-electron chi connectivity index (χ2n) is 6.05. The molecule has 0 N–H and O–H groups in total.